The van der Waals surface area contributed by atoms with Crippen molar-refractivity contribution in [1.29, 1.82) is 0 Å². The second-order valence-electron chi connectivity index (χ2n) is 6.30. The molecule has 136 valence electrons. The molecule has 27 heavy (non-hydrogen) atoms. The van der Waals surface area contributed by atoms with Gasteiger partial charge in [-0.3, -0.25) is 4.79 Å². The van der Waals surface area contributed by atoms with Crippen molar-refractivity contribution in [3.63, 3.8) is 0 Å². The normalized spacial score (nSPS) is 11.1. The van der Waals surface area contributed by atoms with Crippen molar-refractivity contribution < 1.29 is 18.7 Å². The fourth-order valence-corrected chi connectivity index (χ4v) is 2.51. The van der Waals surface area contributed by atoms with Gasteiger partial charge in [-0.2, -0.15) is 0 Å². The quantitative estimate of drug-likeness (QED) is 0.335. The number of rotatable bonds is 6. The summed E-state index contributed by atoms with van der Waals surface area (Å²) in [5, 5.41) is 0. The van der Waals surface area contributed by atoms with Crippen molar-refractivity contribution in [2.75, 3.05) is 0 Å². The number of esters is 1. The Morgan fingerprint density at radius 2 is 1.59 bits per heavy atom. The van der Waals surface area contributed by atoms with E-state index in [4.69, 9.17) is 9.15 Å². The molecule has 4 nitrogen and oxygen atoms in total. The average molecular weight is 360 g/mol. The molecule has 0 saturated heterocycles. The second-order valence-corrected chi connectivity index (χ2v) is 6.30. The van der Waals surface area contributed by atoms with Gasteiger partial charge in [0.15, 0.2) is 5.78 Å². The van der Waals surface area contributed by atoms with Gasteiger partial charge in [0.25, 0.3) is 0 Å². The largest absolute Gasteiger partial charge is 0.459 e. The predicted octanol–water partition coefficient (Wildman–Crippen LogP) is 5.41. The molecule has 3 aromatic rings. The molecule has 0 bridgehead atoms. The van der Waals surface area contributed by atoms with E-state index in [2.05, 4.69) is 0 Å². The molecule has 0 aliphatic carbocycles. The molecule has 0 aliphatic heterocycles. The van der Waals surface area contributed by atoms with Crippen molar-refractivity contribution in [3.8, 4) is 11.3 Å². The van der Waals surface area contributed by atoms with E-state index in [9.17, 15) is 9.59 Å². The monoisotopic (exact) mass is 360 g/mol. The fraction of sp³-hybridized carbons (Fsp3) is 0.130. The highest BCUT2D eigenvalue weighted by Crippen LogP contribution is 2.23. The lowest BCUT2D eigenvalue weighted by molar-refractivity contribution is 0.0378. The summed E-state index contributed by atoms with van der Waals surface area (Å²) >= 11 is 0. The second kappa shape index (κ2) is 8.32. The summed E-state index contributed by atoms with van der Waals surface area (Å²) in [6.45, 7) is 3.62. The minimum absolute atomic E-state index is 0.0819. The summed E-state index contributed by atoms with van der Waals surface area (Å²) in [6, 6.07) is 19.7. The van der Waals surface area contributed by atoms with Crippen LogP contribution in [0, 0.1) is 0 Å². The number of ketones is 1. The van der Waals surface area contributed by atoms with Gasteiger partial charge in [0.2, 0.25) is 0 Å². The van der Waals surface area contributed by atoms with Crippen LogP contribution >= 0.6 is 0 Å². The minimum Gasteiger partial charge on any atom is -0.459 e. The molecule has 0 atom stereocenters. The maximum atomic E-state index is 12.1. The van der Waals surface area contributed by atoms with E-state index in [0.717, 1.165) is 5.56 Å². The van der Waals surface area contributed by atoms with E-state index in [1.54, 1.807) is 48.5 Å². The van der Waals surface area contributed by atoms with Gasteiger partial charge in [0.1, 0.15) is 11.5 Å². The van der Waals surface area contributed by atoms with Gasteiger partial charge in [-0.15, -0.1) is 0 Å². The van der Waals surface area contributed by atoms with Gasteiger partial charge in [-0.25, -0.2) is 4.79 Å². The van der Waals surface area contributed by atoms with Crippen LogP contribution in [-0.4, -0.2) is 17.9 Å². The Morgan fingerprint density at radius 3 is 2.26 bits per heavy atom. The molecule has 0 fully saturated rings. The molecule has 0 spiro atoms. The molecular formula is C23H20O4. The summed E-state index contributed by atoms with van der Waals surface area (Å²) in [4.78, 5) is 24.0. The minimum atomic E-state index is -0.348. The highest BCUT2D eigenvalue weighted by Gasteiger charge is 2.10. The van der Waals surface area contributed by atoms with E-state index >= 15 is 0 Å². The molecular weight excluding hydrogens is 340 g/mol. The zero-order chi connectivity index (χ0) is 19.2. The van der Waals surface area contributed by atoms with Gasteiger partial charge in [0, 0.05) is 11.1 Å². The molecule has 1 aromatic heterocycles. The first-order chi connectivity index (χ1) is 13.0. The summed E-state index contributed by atoms with van der Waals surface area (Å²) in [5.41, 5.74) is 1.96. The molecule has 4 heteroatoms. The molecule has 3 rings (SSSR count). The Balaban J connectivity index is 1.69. The van der Waals surface area contributed by atoms with E-state index < -0.39 is 0 Å². The molecule has 0 aliphatic rings. The Kier molecular flexibility index (Phi) is 5.67. The van der Waals surface area contributed by atoms with Crippen LogP contribution < -0.4 is 0 Å². The zero-order valence-electron chi connectivity index (χ0n) is 15.2. The summed E-state index contributed by atoms with van der Waals surface area (Å²) in [6.07, 6.45) is 2.98. The van der Waals surface area contributed by atoms with Gasteiger partial charge < -0.3 is 9.15 Å². The Bertz CT molecular complexity index is 948. The summed E-state index contributed by atoms with van der Waals surface area (Å²) in [5.74, 6) is 0.809. The fourth-order valence-electron chi connectivity index (χ4n) is 2.51. The maximum Gasteiger partial charge on any atom is 0.338 e. The van der Waals surface area contributed by atoms with E-state index in [1.807, 2.05) is 38.1 Å². The number of allylic oxidation sites excluding steroid dienone is 1. The van der Waals surface area contributed by atoms with Crippen LogP contribution in [0.4, 0.5) is 0 Å². The number of benzene rings is 2. The van der Waals surface area contributed by atoms with Crippen molar-refractivity contribution in [3.05, 3.63) is 89.7 Å². The molecule has 0 unspecified atom stereocenters. The van der Waals surface area contributed by atoms with Crippen molar-refractivity contribution in [2.45, 2.75) is 20.0 Å². The van der Waals surface area contributed by atoms with Crippen LogP contribution in [0.3, 0.4) is 0 Å². The van der Waals surface area contributed by atoms with Crippen LogP contribution in [-0.2, 0) is 4.74 Å². The van der Waals surface area contributed by atoms with Gasteiger partial charge in [-0.05, 0) is 50.3 Å². The Morgan fingerprint density at radius 1 is 0.889 bits per heavy atom. The van der Waals surface area contributed by atoms with Crippen LogP contribution in [0.25, 0.3) is 17.4 Å². The number of carbonyl (C=O) groups excluding carboxylic acids is 2. The third-order valence-electron chi connectivity index (χ3n) is 3.83. The van der Waals surface area contributed by atoms with Gasteiger partial charge in [-0.1, -0.05) is 42.5 Å². The Hall–Kier alpha value is -3.40. The lowest BCUT2D eigenvalue weighted by Gasteiger charge is -2.07. The predicted molar refractivity (Wildman–Crippen MR) is 105 cm³/mol. The van der Waals surface area contributed by atoms with Crippen molar-refractivity contribution >= 4 is 17.8 Å². The number of furan rings is 1. The highest BCUT2D eigenvalue weighted by atomic mass is 16.5. The molecule has 2 aromatic carbocycles. The summed E-state index contributed by atoms with van der Waals surface area (Å²) in [7, 11) is 0. The molecule has 1 heterocycles. The van der Waals surface area contributed by atoms with Crippen LogP contribution in [0.2, 0.25) is 0 Å². The van der Waals surface area contributed by atoms with Crippen LogP contribution in [0.5, 0.6) is 0 Å². The third-order valence-corrected chi connectivity index (χ3v) is 3.83. The lowest BCUT2D eigenvalue weighted by atomic mass is 10.1. The van der Waals surface area contributed by atoms with E-state index in [1.165, 1.54) is 6.08 Å². The Labute approximate surface area is 158 Å². The first kappa shape index (κ1) is 18.4. The average Bonchev–Trinajstić information content (AvgIpc) is 3.15. The molecule has 0 amide bonds. The van der Waals surface area contributed by atoms with Gasteiger partial charge in [0.05, 0.1) is 11.7 Å². The standard InChI is InChI=1S/C23H20O4/c1-16(2)26-23(25)19-10-8-18(9-11-19)22-15-13-20(27-22)12-14-21(24)17-6-4-3-5-7-17/h3-16H,1-2H3/b14-12+. The SMILES string of the molecule is CC(C)OC(=O)c1ccc(-c2ccc(/C=C/C(=O)c3ccccc3)o2)cc1. The lowest BCUT2D eigenvalue weighted by Crippen LogP contribution is -2.11. The van der Waals surface area contributed by atoms with Crippen molar-refractivity contribution in [2.24, 2.45) is 0 Å². The van der Waals surface area contributed by atoms with Gasteiger partial charge >= 0.3 is 5.97 Å². The topological polar surface area (TPSA) is 56.5 Å². The first-order valence-corrected chi connectivity index (χ1v) is 8.71. The maximum absolute atomic E-state index is 12.1. The molecule has 0 saturated carbocycles. The smallest absolute Gasteiger partial charge is 0.338 e. The van der Waals surface area contributed by atoms with E-state index in [0.29, 0.717) is 22.6 Å². The number of hydrogen-bond acceptors (Lipinski definition) is 4. The molecule has 0 radical (unpaired) electrons. The van der Waals surface area contributed by atoms with E-state index in [-0.39, 0.29) is 17.9 Å². The number of ether oxygens (including phenoxy) is 1. The molecule has 0 N–H and O–H groups in total. The highest BCUT2D eigenvalue weighted by molar-refractivity contribution is 6.06. The number of carbonyl (C=O) groups is 2. The number of hydrogen-bond donors (Lipinski definition) is 0. The van der Waals surface area contributed by atoms with Crippen LogP contribution in [0.1, 0.15) is 40.3 Å². The summed E-state index contributed by atoms with van der Waals surface area (Å²) < 4.78 is 10.9. The first-order valence-electron chi connectivity index (χ1n) is 8.71. The van der Waals surface area contributed by atoms with Crippen LogP contribution in [0.15, 0.2) is 77.2 Å². The third kappa shape index (κ3) is 4.82. The van der Waals surface area contributed by atoms with Crippen molar-refractivity contribution in [1.82, 2.24) is 0 Å². The zero-order valence-corrected chi connectivity index (χ0v) is 15.2.